The molecule has 2 atom stereocenters. The van der Waals surface area contributed by atoms with Gasteiger partial charge in [0.15, 0.2) is 6.10 Å². The van der Waals surface area contributed by atoms with Crippen LogP contribution in [0.4, 0.5) is 13.2 Å². The molecule has 0 unspecified atom stereocenters. The molecule has 4 fully saturated rings. The highest BCUT2D eigenvalue weighted by Crippen LogP contribution is 2.42. The van der Waals surface area contributed by atoms with Crippen LogP contribution < -0.4 is 5.11 Å². The van der Waals surface area contributed by atoms with E-state index >= 15 is 0 Å². The summed E-state index contributed by atoms with van der Waals surface area (Å²) in [6, 6.07) is 7.82. The molecule has 2 aromatic heterocycles. The Hall–Kier alpha value is -2.37. The summed E-state index contributed by atoms with van der Waals surface area (Å²) in [5, 5.41) is 22.6. The summed E-state index contributed by atoms with van der Waals surface area (Å²) in [5.74, 6) is -2.87. The lowest BCUT2D eigenvalue weighted by atomic mass is 9.75. The van der Waals surface area contributed by atoms with Crippen LogP contribution in [0.3, 0.4) is 0 Å². The van der Waals surface area contributed by atoms with Gasteiger partial charge >= 0.3 is 12.1 Å². The van der Waals surface area contributed by atoms with Crippen LogP contribution in [0.1, 0.15) is 62.0 Å². The number of ether oxygens (including phenoxy) is 1. The van der Waals surface area contributed by atoms with E-state index in [0.29, 0.717) is 11.7 Å². The number of carbonyl (C=O) groups excluding carboxylic acids is 2. The third kappa shape index (κ3) is 7.05. The number of carboxylic acids is 1. The second kappa shape index (κ2) is 12.4. The summed E-state index contributed by atoms with van der Waals surface area (Å²) in [6.45, 7) is 4.41. The molecule has 11 heteroatoms. The Morgan fingerprint density at radius 2 is 1.79 bits per heavy atom. The maximum atomic E-state index is 13.5. The summed E-state index contributed by atoms with van der Waals surface area (Å²) in [6.07, 6.45) is 5.68. The van der Waals surface area contributed by atoms with Crippen molar-refractivity contribution in [1.82, 2.24) is 0 Å². The van der Waals surface area contributed by atoms with Crippen molar-refractivity contribution in [3.8, 4) is 0 Å². The van der Waals surface area contributed by atoms with E-state index in [0.717, 1.165) is 68.9 Å². The number of hydrogen-bond acceptors (Lipinski definition) is 7. The van der Waals surface area contributed by atoms with Crippen molar-refractivity contribution in [2.75, 3.05) is 26.2 Å². The van der Waals surface area contributed by atoms with Crippen molar-refractivity contribution >= 4 is 23.3 Å². The van der Waals surface area contributed by atoms with E-state index in [1.165, 1.54) is 24.4 Å². The number of aryl methyl sites for hydroxylation is 1. The lowest BCUT2D eigenvalue weighted by Crippen LogP contribution is -2.65. The van der Waals surface area contributed by atoms with Gasteiger partial charge in [0.25, 0.3) is 0 Å². The van der Waals surface area contributed by atoms with Crippen molar-refractivity contribution in [2.45, 2.75) is 75.7 Å². The number of aliphatic hydroxyl groups is 1. The number of rotatable bonds is 8. The van der Waals surface area contributed by atoms with Crippen molar-refractivity contribution in [2.24, 2.45) is 11.8 Å². The fourth-order valence-corrected chi connectivity index (χ4v) is 7.18. The number of alkyl halides is 3. The maximum Gasteiger partial charge on any atom is 0.430 e. The molecule has 3 saturated heterocycles. The van der Waals surface area contributed by atoms with E-state index in [1.807, 2.05) is 11.3 Å². The van der Waals surface area contributed by atoms with Crippen LogP contribution in [-0.2, 0) is 26.3 Å². The number of carbonyl (C=O) groups is 2. The second-order valence-corrected chi connectivity index (χ2v) is 12.1. The van der Waals surface area contributed by atoms with Gasteiger partial charge in [-0.05, 0) is 42.8 Å². The Bertz CT molecular complexity index is 1060. The highest BCUT2D eigenvalue weighted by atomic mass is 32.1. The standard InChI is InChI=1S/C26H36NO4S.C2HF3O2/c28-25(26(29,24-11-5-17-30-24)21-7-2-1-3-8-21)31-23-19-27(15-12-20(23)13-16-27)14-4-9-22-10-6-18-32-22;3-2(4,5)1(6)7/h5-6,10-11,17-18,20-21,23,29H,1-4,7-9,12-16,19H2;(H,6,7)/q+1;/p-1/t20?,23-,26-,27?;/m0./s1. The molecule has 0 amide bonds. The summed E-state index contributed by atoms with van der Waals surface area (Å²) >= 11 is 1.84. The van der Waals surface area contributed by atoms with Gasteiger partial charge in [0.2, 0.25) is 5.60 Å². The Kier molecular flexibility index (Phi) is 9.44. The van der Waals surface area contributed by atoms with E-state index in [-0.39, 0.29) is 12.0 Å². The third-order valence-corrected chi connectivity index (χ3v) is 9.51. The molecule has 7 nitrogen and oxygen atoms in total. The van der Waals surface area contributed by atoms with Crippen LogP contribution in [0.15, 0.2) is 40.3 Å². The Morgan fingerprint density at radius 3 is 2.36 bits per heavy atom. The highest BCUT2D eigenvalue weighted by molar-refractivity contribution is 7.09. The zero-order valence-electron chi connectivity index (χ0n) is 21.9. The fourth-order valence-electron chi connectivity index (χ4n) is 6.42. The SMILES string of the molecule is O=C(O[C@H]1C[N+]2(CCCc3cccs3)CCC1CC2)[C@@](O)(c1ccco1)C1CCCCC1.O=C([O-])C(F)(F)F. The molecule has 216 valence electrons. The van der Waals surface area contributed by atoms with Crippen LogP contribution >= 0.6 is 11.3 Å². The van der Waals surface area contributed by atoms with Gasteiger partial charge in [-0.1, -0.05) is 25.3 Å². The topological polar surface area (TPSA) is 99.8 Å². The quantitative estimate of drug-likeness (QED) is 0.377. The van der Waals surface area contributed by atoms with Gasteiger partial charge < -0.3 is 28.6 Å². The predicted molar refractivity (Wildman–Crippen MR) is 135 cm³/mol. The molecular formula is C28H36F3NO6S. The molecule has 0 radical (unpaired) electrons. The second-order valence-electron chi connectivity index (χ2n) is 11.0. The van der Waals surface area contributed by atoms with Crippen LogP contribution in [0.2, 0.25) is 0 Å². The number of fused-ring (bicyclic) bond motifs is 3. The maximum absolute atomic E-state index is 13.5. The van der Waals surface area contributed by atoms with Gasteiger partial charge in [-0.25, -0.2) is 4.79 Å². The van der Waals surface area contributed by atoms with Crippen molar-refractivity contribution in [3.63, 3.8) is 0 Å². The highest BCUT2D eigenvalue weighted by Gasteiger charge is 2.53. The number of quaternary nitrogens is 1. The first-order valence-electron chi connectivity index (χ1n) is 13.7. The number of piperidine rings is 3. The number of thiophene rings is 1. The molecule has 1 aliphatic carbocycles. The number of esters is 1. The number of hydrogen-bond donors (Lipinski definition) is 1. The molecule has 4 aliphatic rings. The van der Waals surface area contributed by atoms with E-state index in [4.69, 9.17) is 19.1 Å². The van der Waals surface area contributed by atoms with E-state index in [2.05, 4.69) is 17.5 Å². The number of carboxylic acid groups (broad SMARTS) is 1. The fraction of sp³-hybridized carbons (Fsp3) is 0.643. The van der Waals surface area contributed by atoms with Gasteiger partial charge in [0, 0.05) is 36.0 Å². The summed E-state index contributed by atoms with van der Waals surface area (Å²) < 4.78 is 44.4. The van der Waals surface area contributed by atoms with E-state index < -0.39 is 23.7 Å². The molecular weight excluding hydrogens is 535 g/mol. The average Bonchev–Trinajstić information content (AvgIpc) is 3.64. The normalized spacial score (nSPS) is 26.8. The number of nitrogens with zero attached hydrogens (tertiary/aromatic N) is 1. The van der Waals surface area contributed by atoms with Crippen LogP contribution in [0, 0.1) is 11.8 Å². The lowest BCUT2D eigenvalue weighted by Gasteiger charge is -2.52. The summed E-state index contributed by atoms with van der Waals surface area (Å²) in [5.41, 5.74) is -1.67. The number of aliphatic carboxylic acids is 1. The van der Waals surface area contributed by atoms with E-state index in [1.54, 1.807) is 18.4 Å². The van der Waals surface area contributed by atoms with Crippen LogP contribution in [0.25, 0.3) is 0 Å². The molecule has 1 saturated carbocycles. The third-order valence-electron chi connectivity index (χ3n) is 8.57. The molecule has 6 rings (SSSR count). The van der Waals surface area contributed by atoms with Gasteiger partial charge in [-0.2, -0.15) is 13.2 Å². The Balaban J connectivity index is 0.000000448. The zero-order valence-corrected chi connectivity index (χ0v) is 22.7. The van der Waals surface area contributed by atoms with Gasteiger partial charge in [-0.3, -0.25) is 0 Å². The minimum Gasteiger partial charge on any atom is -0.542 e. The molecule has 2 bridgehead atoms. The Morgan fingerprint density at radius 1 is 1.10 bits per heavy atom. The smallest absolute Gasteiger partial charge is 0.430 e. The largest absolute Gasteiger partial charge is 0.542 e. The average molecular weight is 572 g/mol. The summed E-state index contributed by atoms with van der Waals surface area (Å²) in [7, 11) is 0. The first kappa shape index (κ1) is 29.6. The van der Waals surface area contributed by atoms with E-state index in [9.17, 15) is 23.1 Å². The summed E-state index contributed by atoms with van der Waals surface area (Å²) in [4.78, 5) is 23.8. The van der Waals surface area contributed by atoms with Crippen molar-refractivity contribution < 1.29 is 46.6 Å². The van der Waals surface area contributed by atoms with Crippen molar-refractivity contribution in [1.29, 1.82) is 0 Å². The molecule has 5 heterocycles. The molecule has 39 heavy (non-hydrogen) atoms. The van der Waals surface area contributed by atoms with Gasteiger partial charge in [-0.15, -0.1) is 11.3 Å². The zero-order chi connectivity index (χ0) is 28.1. The first-order valence-corrected chi connectivity index (χ1v) is 14.5. The molecule has 1 N–H and O–H groups in total. The molecule has 0 aromatic carbocycles. The molecule has 3 aliphatic heterocycles. The minimum atomic E-state index is -5.19. The number of halogens is 3. The molecule has 2 aromatic rings. The Labute approximate surface area is 230 Å². The van der Waals surface area contributed by atoms with Crippen molar-refractivity contribution in [3.05, 3.63) is 46.5 Å². The van der Waals surface area contributed by atoms with Crippen LogP contribution in [0.5, 0.6) is 0 Å². The lowest BCUT2D eigenvalue weighted by molar-refractivity contribution is -0.946. The molecule has 0 spiro atoms. The number of furan rings is 1. The van der Waals surface area contributed by atoms with Crippen LogP contribution in [-0.4, -0.2) is 60.0 Å². The minimum absolute atomic E-state index is 0.100. The van der Waals surface area contributed by atoms with Gasteiger partial charge in [0.05, 0.1) is 25.9 Å². The predicted octanol–water partition coefficient (Wildman–Crippen LogP) is 4.19. The monoisotopic (exact) mass is 571 g/mol. The first-order chi connectivity index (χ1) is 18.5. The van der Waals surface area contributed by atoms with Gasteiger partial charge in [0.1, 0.15) is 18.3 Å².